The van der Waals surface area contributed by atoms with Gasteiger partial charge in [0.2, 0.25) is 0 Å². The monoisotopic (exact) mass is 1060 g/mol. The van der Waals surface area contributed by atoms with Gasteiger partial charge >= 0.3 is 17.9 Å². The molecule has 6 nitrogen and oxygen atoms in total. The zero-order valence-corrected chi connectivity index (χ0v) is 49.1. The lowest BCUT2D eigenvalue weighted by atomic mass is 10.1. The highest BCUT2D eigenvalue weighted by atomic mass is 16.6. The predicted molar refractivity (Wildman–Crippen MR) is 334 cm³/mol. The van der Waals surface area contributed by atoms with Crippen LogP contribution in [0, 0.1) is 0 Å². The Bertz CT molecular complexity index is 1790. The van der Waals surface area contributed by atoms with Crippen LogP contribution in [0.25, 0.3) is 0 Å². The van der Waals surface area contributed by atoms with Gasteiger partial charge in [-0.3, -0.25) is 14.4 Å². The molecule has 0 aromatic rings. The smallest absolute Gasteiger partial charge is 0.306 e. The zero-order chi connectivity index (χ0) is 55.7. The van der Waals surface area contributed by atoms with Crippen molar-refractivity contribution in [3.05, 3.63) is 170 Å². The first-order chi connectivity index (χ1) is 38.0. The number of hydrogen-bond acceptors (Lipinski definition) is 6. The molecule has 0 saturated carbocycles. The maximum atomic E-state index is 12.8. The molecule has 0 aromatic carbocycles. The van der Waals surface area contributed by atoms with Gasteiger partial charge in [-0.2, -0.15) is 0 Å². The van der Waals surface area contributed by atoms with E-state index in [1.54, 1.807) is 0 Å². The summed E-state index contributed by atoms with van der Waals surface area (Å²) in [6, 6.07) is 0. The van der Waals surface area contributed by atoms with E-state index in [1.807, 2.05) is 0 Å². The van der Waals surface area contributed by atoms with Gasteiger partial charge in [-0.25, -0.2) is 0 Å². The van der Waals surface area contributed by atoms with Crippen LogP contribution in [0.1, 0.15) is 239 Å². The van der Waals surface area contributed by atoms with Gasteiger partial charge in [0.15, 0.2) is 6.10 Å². The van der Waals surface area contributed by atoms with Crippen LogP contribution in [0.2, 0.25) is 0 Å². The van der Waals surface area contributed by atoms with E-state index in [1.165, 1.54) is 25.7 Å². The molecule has 0 heterocycles. The Kier molecular flexibility index (Phi) is 59.0. The summed E-state index contributed by atoms with van der Waals surface area (Å²) in [7, 11) is 0. The van der Waals surface area contributed by atoms with Crippen molar-refractivity contribution in [2.24, 2.45) is 0 Å². The van der Waals surface area contributed by atoms with E-state index < -0.39 is 6.10 Å². The van der Waals surface area contributed by atoms with Crippen molar-refractivity contribution in [2.45, 2.75) is 245 Å². The minimum Gasteiger partial charge on any atom is -0.462 e. The first-order valence-corrected chi connectivity index (χ1v) is 30.6. The van der Waals surface area contributed by atoms with Crippen molar-refractivity contribution >= 4 is 17.9 Å². The van der Waals surface area contributed by atoms with Crippen molar-refractivity contribution in [3.8, 4) is 0 Å². The minimum absolute atomic E-state index is 0.102. The van der Waals surface area contributed by atoms with Crippen LogP contribution >= 0.6 is 0 Å². The molecule has 0 N–H and O–H groups in total. The van der Waals surface area contributed by atoms with Crippen LogP contribution in [-0.4, -0.2) is 37.2 Å². The van der Waals surface area contributed by atoms with E-state index in [0.29, 0.717) is 12.8 Å². The van der Waals surface area contributed by atoms with Crippen molar-refractivity contribution in [3.63, 3.8) is 0 Å². The third-order valence-corrected chi connectivity index (χ3v) is 12.2. The van der Waals surface area contributed by atoms with Gasteiger partial charge in [0.05, 0.1) is 0 Å². The topological polar surface area (TPSA) is 78.9 Å². The van der Waals surface area contributed by atoms with Crippen LogP contribution in [0.4, 0.5) is 0 Å². The van der Waals surface area contributed by atoms with Gasteiger partial charge in [0, 0.05) is 19.3 Å². The number of carbonyl (C=O) groups is 3. The summed E-state index contributed by atoms with van der Waals surface area (Å²) in [5.41, 5.74) is 0. The highest BCUT2D eigenvalue weighted by Crippen LogP contribution is 2.13. The molecule has 77 heavy (non-hydrogen) atoms. The fraction of sp³-hybridized carbons (Fsp3) is 0.563. The SMILES string of the molecule is CC/C=C\C/C=C\C/C=C\C/C=C\C/C=C\C/C=C\C/C=C\C/C=C\C/C=C\C/C=C\CCCCCCC(=O)OCC(COC(=O)CCCCCCCCC)OC(=O)CCCCCC/C=C\C/C=C\C/C=C\C/C=C\CC. The normalized spacial score (nSPS) is 13.3. The molecule has 0 radical (unpaired) electrons. The van der Waals surface area contributed by atoms with Crippen molar-refractivity contribution < 1.29 is 28.6 Å². The molecule has 0 rings (SSSR count). The second-order valence-corrected chi connectivity index (χ2v) is 19.5. The standard InChI is InChI=1S/C71H110O6/c1-4-7-10-13-16-18-20-22-24-26-27-28-29-30-31-32-33-34-35-36-37-38-39-40-41-42-43-45-46-48-50-52-55-58-61-64-70(73)76-67-68(66-75-69(72)63-60-57-54-15-12-9-6-3)77-71(74)65-62-59-56-53-51-49-47-44-25-23-21-19-17-14-11-8-5-2/h7-8,10-11,16-19,22-25,27-28,30-31,33-34,36-37,39-40,42-43,46-49,68H,4-6,9,12-15,20-21,26,29,32,35,38,41,44-45,50-67H2,1-3H3/b10-7-,11-8-,18-16-,19-17-,24-22-,25-23-,28-27-,31-30-,34-33-,37-36-,40-39-,43-42-,48-46-,49-47-. The third-order valence-electron chi connectivity index (χ3n) is 12.2. The molecule has 430 valence electrons. The second kappa shape index (κ2) is 63.3. The highest BCUT2D eigenvalue weighted by Gasteiger charge is 2.19. The Morgan fingerprint density at radius 2 is 0.506 bits per heavy atom. The van der Waals surface area contributed by atoms with Gasteiger partial charge < -0.3 is 14.2 Å². The Morgan fingerprint density at radius 3 is 0.792 bits per heavy atom. The fourth-order valence-corrected chi connectivity index (χ4v) is 7.69. The molecular weight excluding hydrogens is 949 g/mol. The van der Waals surface area contributed by atoms with Gasteiger partial charge in [0.25, 0.3) is 0 Å². The molecule has 1 atom stereocenters. The molecule has 0 aliphatic rings. The van der Waals surface area contributed by atoms with E-state index in [0.717, 1.165) is 173 Å². The largest absolute Gasteiger partial charge is 0.462 e. The van der Waals surface area contributed by atoms with Crippen LogP contribution < -0.4 is 0 Å². The van der Waals surface area contributed by atoms with Crippen LogP contribution in [0.15, 0.2) is 170 Å². The highest BCUT2D eigenvalue weighted by molar-refractivity contribution is 5.71. The first kappa shape index (κ1) is 71.8. The van der Waals surface area contributed by atoms with E-state index in [9.17, 15) is 14.4 Å². The number of hydrogen-bond donors (Lipinski definition) is 0. The van der Waals surface area contributed by atoms with Gasteiger partial charge in [0.1, 0.15) is 13.2 Å². The molecule has 0 bridgehead atoms. The van der Waals surface area contributed by atoms with Crippen molar-refractivity contribution in [1.29, 1.82) is 0 Å². The summed E-state index contributed by atoms with van der Waals surface area (Å²) in [5, 5.41) is 0. The Morgan fingerprint density at radius 1 is 0.273 bits per heavy atom. The molecule has 0 aliphatic carbocycles. The van der Waals surface area contributed by atoms with E-state index in [2.05, 4.69) is 191 Å². The molecule has 0 saturated heterocycles. The average Bonchev–Trinajstić information content (AvgIpc) is 3.43. The number of ether oxygens (including phenoxy) is 3. The summed E-state index contributed by atoms with van der Waals surface area (Å²) in [5.74, 6) is -0.969. The van der Waals surface area contributed by atoms with Gasteiger partial charge in [-0.05, 0) is 135 Å². The second-order valence-electron chi connectivity index (χ2n) is 19.5. The number of allylic oxidation sites excluding steroid dienone is 28. The van der Waals surface area contributed by atoms with E-state index >= 15 is 0 Å². The van der Waals surface area contributed by atoms with Gasteiger partial charge in [-0.1, -0.05) is 255 Å². The first-order valence-electron chi connectivity index (χ1n) is 30.6. The number of rotatable bonds is 53. The lowest BCUT2D eigenvalue weighted by Crippen LogP contribution is -2.30. The lowest BCUT2D eigenvalue weighted by molar-refractivity contribution is -0.167. The van der Waals surface area contributed by atoms with Gasteiger partial charge in [-0.15, -0.1) is 0 Å². The zero-order valence-electron chi connectivity index (χ0n) is 49.1. The minimum atomic E-state index is -0.807. The maximum absolute atomic E-state index is 12.8. The average molecular weight is 1060 g/mol. The van der Waals surface area contributed by atoms with Crippen LogP contribution in [0.3, 0.4) is 0 Å². The van der Waals surface area contributed by atoms with Crippen molar-refractivity contribution in [1.82, 2.24) is 0 Å². The molecule has 0 aliphatic heterocycles. The number of carbonyl (C=O) groups excluding carboxylic acids is 3. The Balaban J connectivity index is 4.25. The summed E-state index contributed by atoms with van der Waals surface area (Å²) in [6.07, 6.45) is 93.8. The molecule has 0 fully saturated rings. The Labute approximate surface area is 472 Å². The molecule has 0 aromatic heterocycles. The molecule has 1 unspecified atom stereocenters. The maximum Gasteiger partial charge on any atom is 0.306 e. The summed E-state index contributed by atoms with van der Waals surface area (Å²) in [6.45, 7) is 6.31. The summed E-state index contributed by atoms with van der Waals surface area (Å²) >= 11 is 0. The van der Waals surface area contributed by atoms with E-state index in [4.69, 9.17) is 14.2 Å². The molecular formula is C71H110O6. The molecule has 0 amide bonds. The molecule has 0 spiro atoms. The Hall–Kier alpha value is -5.23. The summed E-state index contributed by atoms with van der Waals surface area (Å²) in [4.78, 5) is 38.0. The number of esters is 3. The predicted octanol–water partition coefficient (Wildman–Crippen LogP) is 21.1. The van der Waals surface area contributed by atoms with E-state index in [-0.39, 0.29) is 37.5 Å². The van der Waals surface area contributed by atoms with Crippen LogP contribution in [0.5, 0.6) is 0 Å². The van der Waals surface area contributed by atoms with Crippen LogP contribution in [-0.2, 0) is 28.6 Å². The van der Waals surface area contributed by atoms with Crippen molar-refractivity contribution in [2.75, 3.05) is 13.2 Å². The number of unbranched alkanes of at least 4 members (excludes halogenated alkanes) is 14. The quantitative estimate of drug-likeness (QED) is 0.0261. The summed E-state index contributed by atoms with van der Waals surface area (Å²) < 4.78 is 16.7. The third kappa shape index (κ3) is 61.5. The molecule has 6 heteroatoms. The fourth-order valence-electron chi connectivity index (χ4n) is 7.69. The lowest BCUT2D eigenvalue weighted by Gasteiger charge is -2.18.